The number of rotatable bonds is 4. The van der Waals surface area contributed by atoms with Crippen LogP contribution in [0.15, 0.2) is 24.4 Å². The minimum atomic E-state index is 0.0798. The van der Waals surface area contributed by atoms with Gasteiger partial charge in [-0.15, -0.1) is 0 Å². The largest absolute Gasteiger partial charge is 0.378 e. The van der Waals surface area contributed by atoms with E-state index < -0.39 is 0 Å². The van der Waals surface area contributed by atoms with Crippen molar-refractivity contribution < 1.29 is 9.53 Å². The molecule has 1 fully saturated rings. The highest BCUT2D eigenvalue weighted by atomic mass is 16.5. The number of aromatic nitrogens is 1. The van der Waals surface area contributed by atoms with Gasteiger partial charge in [0.15, 0.2) is 0 Å². The highest BCUT2D eigenvalue weighted by molar-refractivity contribution is 5.78. The van der Waals surface area contributed by atoms with Crippen LogP contribution < -0.4 is 5.32 Å². The molecule has 2 heterocycles. The van der Waals surface area contributed by atoms with E-state index >= 15 is 0 Å². The highest BCUT2D eigenvalue weighted by Gasteiger charge is 2.17. The molecule has 1 N–H and O–H groups in total. The summed E-state index contributed by atoms with van der Waals surface area (Å²) in [5, 5.41) is 3.20. The lowest BCUT2D eigenvalue weighted by Gasteiger charge is -2.27. The number of morpholine rings is 1. The van der Waals surface area contributed by atoms with Crippen molar-refractivity contribution in [3.8, 4) is 0 Å². The maximum Gasteiger partial charge on any atom is 0.236 e. The molecule has 0 aromatic carbocycles. The molecule has 1 aliphatic heterocycles. The van der Waals surface area contributed by atoms with Crippen molar-refractivity contribution in [1.82, 2.24) is 15.2 Å². The Morgan fingerprint density at radius 3 is 2.94 bits per heavy atom. The zero-order valence-electron chi connectivity index (χ0n) is 10.6. The van der Waals surface area contributed by atoms with Gasteiger partial charge in [0.05, 0.1) is 25.5 Å². The molecule has 18 heavy (non-hydrogen) atoms. The van der Waals surface area contributed by atoms with Crippen molar-refractivity contribution >= 4 is 5.91 Å². The molecule has 0 saturated carbocycles. The molecule has 2 rings (SSSR count). The van der Waals surface area contributed by atoms with Gasteiger partial charge in [0.1, 0.15) is 0 Å². The van der Waals surface area contributed by atoms with Crippen molar-refractivity contribution in [2.24, 2.45) is 0 Å². The van der Waals surface area contributed by atoms with E-state index in [1.165, 1.54) is 0 Å². The average Bonchev–Trinajstić information content (AvgIpc) is 2.46. The number of amides is 1. The lowest BCUT2D eigenvalue weighted by Crippen LogP contribution is -2.45. The Bertz CT molecular complexity index is 377. The number of hydrogen-bond donors (Lipinski definition) is 1. The van der Waals surface area contributed by atoms with Crippen LogP contribution in [0.25, 0.3) is 0 Å². The van der Waals surface area contributed by atoms with Crippen LogP contribution in [0, 0.1) is 0 Å². The van der Waals surface area contributed by atoms with Crippen LogP contribution in [0.3, 0.4) is 0 Å². The predicted molar refractivity (Wildman–Crippen MR) is 68.1 cm³/mol. The summed E-state index contributed by atoms with van der Waals surface area (Å²) in [6.45, 7) is 5.02. The summed E-state index contributed by atoms with van der Waals surface area (Å²) in [5.41, 5.74) is 0.951. The van der Waals surface area contributed by atoms with Gasteiger partial charge < -0.3 is 15.0 Å². The summed E-state index contributed by atoms with van der Waals surface area (Å²) < 4.78 is 5.22. The number of hydrogen-bond acceptors (Lipinski definition) is 4. The van der Waals surface area contributed by atoms with Crippen molar-refractivity contribution in [3.05, 3.63) is 30.1 Å². The number of ether oxygens (including phenoxy) is 1. The molecule has 1 atom stereocenters. The van der Waals surface area contributed by atoms with Crippen LogP contribution in [0.2, 0.25) is 0 Å². The molecule has 5 nitrogen and oxygen atoms in total. The monoisotopic (exact) mass is 249 g/mol. The first-order chi connectivity index (χ1) is 8.77. The Morgan fingerprint density at radius 1 is 1.50 bits per heavy atom. The third-order valence-corrected chi connectivity index (χ3v) is 3.05. The maximum absolute atomic E-state index is 11.9. The minimum absolute atomic E-state index is 0.0798. The van der Waals surface area contributed by atoms with Crippen LogP contribution in [-0.2, 0) is 9.53 Å². The molecule has 1 aromatic rings. The summed E-state index contributed by atoms with van der Waals surface area (Å²) in [5.74, 6) is 0.126. The van der Waals surface area contributed by atoms with Gasteiger partial charge in [-0.05, 0) is 19.1 Å². The van der Waals surface area contributed by atoms with E-state index in [1.54, 1.807) is 6.20 Å². The van der Waals surface area contributed by atoms with Crippen LogP contribution >= 0.6 is 0 Å². The summed E-state index contributed by atoms with van der Waals surface area (Å²) >= 11 is 0. The first kappa shape index (κ1) is 13.0. The van der Waals surface area contributed by atoms with Gasteiger partial charge in [-0.25, -0.2) is 0 Å². The van der Waals surface area contributed by atoms with Gasteiger partial charge in [0, 0.05) is 25.3 Å². The second-order valence-electron chi connectivity index (χ2n) is 4.35. The maximum atomic E-state index is 11.9. The van der Waals surface area contributed by atoms with Crippen LogP contribution in [-0.4, -0.2) is 48.6 Å². The van der Waals surface area contributed by atoms with E-state index in [9.17, 15) is 4.79 Å². The Kier molecular flexibility index (Phi) is 4.66. The highest BCUT2D eigenvalue weighted by Crippen LogP contribution is 2.07. The lowest BCUT2D eigenvalue weighted by atomic mass is 10.2. The number of pyridine rings is 1. The van der Waals surface area contributed by atoms with Gasteiger partial charge in [-0.1, -0.05) is 6.07 Å². The predicted octanol–water partition coefficient (Wildman–Crippen LogP) is 0.591. The van der Waals surface area contributed by atoms with Crippen molar-refractivity contribution in [2.75, 3.05) is 32.8 Å². The third-order valence-electron chi connectivity index (χ3n) is 3.05. The summed E-state index contributed by atoms with van der Waals surface area (Å²) in [6, 6.07) is 5.87. The molecular weight excluding hydrogens is 230 g/mol. The van der Waals surface area contributed by atoms with Gasteiger partial charge in [0.25, 0.3) is 0 Å². The zero-order valence-corrected chi connectivity index (χ0v) is 10.6. The number of carbonyl (C=O) groups is 1. The Morgan fingerprint density at radius 2 is 2.28 bits per heavy atom. The fraction of sp³-hybridized carbons (Fsp3) is 0.538. The number of nitrogens with zero attached hydrogens (tertiary/aromatic N) is 2. The molecule has 1 aliphatic rings. The van der Waals surface area contributed by atoms with E-state index in [0.29, 0.717) is 32.8 Å². The van der Waals surface area contributed by atoms with Gasteiger partial charge in [0.2, 0.25) is 5.91 Å². The lowest BCUT2D eigenvalue weighted by molar-refractivity contribution is -0.134. The molecule has 1 aromatic heterocycles. The van der Waals surface area contributed by atoms with Crippen LogP contribution in [0.5, 0.6) is 0 Å². The van der Waals surface area contributed by atoms with Gasteiger partial charge >= 0.3 is 0 Å². The second kappa shape index (κ2) is 6.47. The van der Waals surface area contributed by atoms with Gasteiger partial charge in [-0.3, -0.25) is 9.78 Å². The van der Waals surface area contributed by atoms with E-state index in [1.807, 2.05) is 30.0 Å². The summed E-state index contributed by atoms with van der Waals surface area (Å²) in [4.78, 5) is 18.0. The van der Waals surface area contributed by atoms with Gasteiger partial charge in [-0.2, -0.15) is 0 Å². The van der Waals surface area contributed by atoms with Crippen LogP contribution in [0.1, 0.15) is 18.7 Å². The van der Waals surface area contributed by atoms with Crippen molar-refractivity contribution in [3.63, 3.8) is 0 Å². The molecule has 0 unspecified atom stereocenters. The van der Waals surface area contributed by atoms with E-state index in [2.05, 4.69) is 10.3 Å². The SMILES string of the molecule is C[C@@H](NCC(=O)N1CCOCC1)c1ccccn1. The average molecular weight is 249 g/mol. The fourth-order valence-corrected chi connectivity index (χ4v) is 1.90. The number of nitrogens with one attached hydrogen (secondary N) is 1. The standard InChI is InChI=1S/C13H19N3O2/c1-11(12-4-2-3-5-14-12)15-10-13(17)16-6-8-18-9-7-16/h2-5,11,15H,6-10H2,1H3/t11-/m1/s1. The zero-order chi connectivity index (χ0) is 12.8. The topological polar surface area (TPSA) is 54.5 Å². The van der Waals surface area contributed by atoms with E-state index in [4.69, 9.17) is 4.74 Å². The van der Waals surface area contributed by atoms with Crippen molar-refractivity contribution in [1.29, 1.82) is 0 Å². The minimum Gasteiger partial charge on any atom is -0.378 e. The molecular formula is C13H19N3O2. The van der Waals surface area contributed by atoms with E-state index in [-0.39, 0.29) is 11.9 Å². The Balaban J connectivity index is 1.78. The number of carbonyl (C=O) groups excluding carboxylic acids is 1. The molecule has 1 amide bonds. The smallest absolute Gasteiger partial charge is 0.236 e. The molecule has 0 radical (unpaired) electrons. The first-order valence-corrected chi connectivity index (χ1v) is 6.27. The molecule has 0 spiro atoms. The second-order valence-corrected chi connectivity index (χ2v) is 4.35. The molecule has 98 valence electrons. The molecule has 0 bridgehead atoms. The Hall–Kier alpha value is -1.46. The third kappa shape index (κ3) is 3.51. The fourth-order valence-electron chi connectivity index (χ4n) is 1.90. The summed E-state index contributed by atoms with van der Waals surface area (Å²) in [7, 11) is 0. The summed E-state index contributed by atoms with van der Waals surface area (Å²) in [6.07, 6.45) is 1.76. The van der Waals surface area contributed by atoms with Crippen molar-refractivity contribution in [2.45, 2.75) is 13.0 Å². The normalized spacial score (nSPS) is 17.5. The molecule has 5 heteroatoms. The van der Waals surface area contributed by atoms with E-state index in [0.717, 1.165) is 5.69 Å². The first-order valence-electron chi connectivity index (χ1n) is 6.27. The molecule has 1 saturated heterocycles. The Labute approximate surface area is 107 Å². The molecule has 0 aliphatic carbocycles. The quantitative estimate of drug-likeness (QED) is 0.848. The van der Waals surface area contributed by atoms with Crippen LogP contribution in [0.4, 0.5) is 0 Å².